The third-order valence-corrected chi connectivity index (χ3v) is 6.20. The van der Waals surface area contributed by atoms with Crippen molar-refractivity contribution in [1.82, 2.24) is 14.9 Å². The summed E-state index contributed by atoms with van der Waals surface area (Å²) in [5, 5.41) is 3.92. The number of carbonyl (C=O) groups excluding carboxylic acids is 2. The molecule has 11 heteroatoms. The number of rotatable bonds is 4. The van der Waals surface area contributed by atoms with Gasteiger partial charge in [-0.25, -0.2) is 9.37 Å². The topological polar surface area (TPSA) is 76.0 Å². The minimum absolute atomic E-state index is 0.0197. The average molecular weight is 477 g/mol. The highest BCUT2D eigenvalue weighted by Gasteiger charge is 2.67. The third kappa shape index (κ3) is 3.10. The molecule has 2 N–H and O–H groups in total. The summed E-state index contributed by atoms with van der Waals surface area (Å²) < 4.78 is 57.5. The number of imidazole rings is 1. The maximum absolute atomic E-state index is 14.3. The summed E-state index contributed by atoms with van der Waals surface area (Å²) in [5.74, 6) is -3.41. The fourth-order valence-corrected chi connectivity index (χ4v) is 4.46. The van der Waals surface area contributed by atoms with Crippen molar-refractivity contribution < 1.29 is 27.2 Å². The van der Waals surface area contributed by atoms with E-state index in [0.717, 1.165) is 25.7 Å². The molecular formula is C18H17BrF4N4O2. The first-order valence-corrected chi connectivity index (χ1v) is 10.0. The SMILES string of the molecule is O=C(CCC1CCCC1)NC1(C(F)(F)F)C(=O)Nc2nc3c(F)c(Br)ccc3n21. The number of alkyl halides is 3. The molecule has 2 heterocycles. The van der Waals surface area contributed by atoms with Crippen molar-refractivity contribution in [3.63, 3.8) is 0 Å². The van der Waals surface area contributed by atoms with Crippen molar-refractivity contribution in [2.75, 3.05) is 5.32 Å². The summed E-state index contributed by atoms with van der Waals surface area (Å²) in [5.41, 5.74) is -3.99. The monoisotopic (exact) mass is 476 g/mol. The smallest absolute Gasteiger partial charge is 0.317 e. The second kappa shape index (κ2) is 6.96. The molecule has 6 nitrogen and oxygen atoms in total. The van der Waals surface area contributed by atoms with Gasteiger partial charge in [0, 0.05) is 6.42 Å². The zero-order valence-electron chi connectivity index (χ0n) is 15.1. The molecule has 0 saturated heterocycles. The van der Waals surface area contributed by atoms with Crippen molar-refractivity contribution in [3.05, 3.63) is 22.4 Å². The van der Waals surface area contributed by atoms with Crippen molar-refractivity contribution in [3.8, 4) is 0 Å². The van der Waals surface area contributed by atoms with Crippen molar-refractivity contribution in [2.24, 2.45) is 5.92 Å². The summed E-state index contributed by atoms with van der Waals surface area (Å²) in [6.07, 6.45) is -0.856. The number of nitrogens with one attached hydrogen (secondary N) is 2. The second-order valence-electron chi connectivity index (χ2n) is 7.40. The molecule has 0 bridgehead atoms. The first-order chi connectivity index (χ1) is 13.6. The molecule has 1 atom stereocenters. The lowest BCUT2D eigenvalue weighted by Gasteiger charge is -2.32. The fourth-order valence-electron chi connectivity index (χ4n) is 4.14. The summed E-state index contributed by atoms with van der Waals surface area (Å²) >= 11 is 2.96. The van der Waals surface area contributed by atoms with Crippen LogP contribution in [0.2, 0.25) is 0 Å². The van der Waals surface area contributed by atoms with Crippen LogP contribution in [0.5, 0.6) is 0 Å². The Hall–Kier alpha value is -2.17. The number of nitrogens with zero attached hydrogens (tertiary/aromatic N) is 2. The highest BCUT2D eigenvalue weighted by atomic mass is 79.9. The van der Waals surface area contributed by atoms with Crippen LogP contribution < -0.4 is 10.6 Å². The molecule has 1 aromatic carbocycles. The molecule has 1 unspecified atom stereocenters. The Bertz CT molecular complexity index is 1000. The highest BCUT2D eigenvalue weighted by Crippen LogP contribution is 2.44. The fraction of sp³-hybridized carbons (Fsp3) is 0.500. The number of benzene rings is 1. The molecule has 0 radical (unpaired) electrons. The van der Waals surface area contributed by atoms with Crippen LogP contribution in [0.15, 0.2) is 16.6 Å². The Morgan fingerprint density at radius 3 is 2.69 bits per heavy atom. The van der Waals surface area contributed by atoms with E-state index in [1.807, 2.05) is 10.6 Å². The van der Waals surface area contributed by atoms with Gasteiger partial charge in [-0.3, -0.25) is 19.5 Å². The van der Waals surface area contributed by atoms with E-state index in [1.54, 1.807) is 0 Å². The van der Waals surface area contributed by atoms with Crippen molar-refractivity contribution in [2.45, 2.75) is 50.4 Å². The van der Waals surface area contributed by atoms with Gasteiger partial charge in [0.05, 0.1) is 9.99 Å². The van der Waals surface area contributed by atoms with Crippen LogP contribution in [0.4, 0.5) is 23.5 Å². The van der Waals surface area contributed by atoms with Gasteiger partial charge in [0.25, 0.3) is 11.6 Å². The lowest BCUT2D eigenvalue weighted by molar-refractivity contribution is -0.217. The molecule has 1 aliphatic carbocycles. The first-order valence-electron chi connectivity index (χ1n) is 9.21. The minimum atomic E-state index is -5.18. The Morgan fingerprint density at radius 2 is 2.03 bits per heavy atom. The second-order valence-corrected chi connectivity index (χ2v) is 8.25. The van der Waals surface area contributed by atoms with E-state index in [9.17, 15) is 27.2 Å². The number of amides is 2. The van der Waals surface area contributed by atoms with E-state index in [0.29, 0.717) is 16.9 Å². The number of carbonyl (C=O) groups is 2. The molecule has 29 heavy (non-hydrogen) atoms. The summed E-state index contributed by atoms with van der Waals surface area (Å²) in [4.78, 5) is 28.7. The molecule has 0 spiro atoms. The van der Waals surface area contributed by atoms with Crippen LogP contribution in [-0.4, -0.2) is 27.5 Å². The lowest BCUT2D eigenvalue weighted by atomic mass is 10.0. The Kier molecular flexibility index (Phi) is 4.83. The maximum atomic E-state index is 14.3. The van der Waals surface area contributed by atoms with E-state index in [1.165, 1.54) is 12.1 Å². The van der Waals surface area contributed by atoms with Gasteiger partial charge in [0.1, 0.15) is 5.52 Å². The zero-order chi connectivity index (χ0) is 21.0. The van der Waals surface area contributed by atoms with E-state index in [2.05, 4.69) is 20.9 Å². The highest BCUT2D eigenvalue weighted by molar-refractivity contribution is 9.10. The molecular weight excluding hydrogens is 460 g/mol. The standard InChI is InChI=1S/C18H17BrF4N4O2/c19-10-6-7-11-14(13(10)20)24-16-25-15(29)17(27(11)16,18(21,22)23)26-12(28)8-5-9-3-1-2-4-9/h6-7,9H,1-5,8H2,(H,26,28)(H,24,25,29). The molecule has 2 amide bonds. The van der Waals surface area contributed by atoms with Gasteiger partial charge in [-0.2, -0.15) is 13.2 Å². The van der Waals surface area contributed by atoms with Crippen LogP contribution in [-0.2, 0) is 15.3 Å². The minimum Gasteiger partial charge on any atom is -0.317 e. The number of aromatic nitrogens is 2. The van der Waals surface area contributed by atoms with Crippen LogP contribution in [0.3, 0.4) is 0 Å². The summed E-state index contributed by atoms with van der Waals surface area (Å²) in [7, 11) is 0. The summed E-state index contributed by atoms with van der Waals surface area (Å²) in [6, 6.07) is 2.43. The van der Waals surface area contributed by atoms with Gasteiger partial charge in [0.2, 0.25) is 11.9 Å². The molecule has 156 valence electrons. The predicted molar refractivity (Wildman–Crippen MR) is 99.4 cm³/mol. The van der Waals surface area contributed by atoms with Gasteiger partial charge >= 0.3 is 6.18 Å². The molecule has 2 aromatic rings. The van der Waals surface area contributed by atoms with E-state index in [-0.39, 0.29) is 21.9 Å². The molecule has 1 fully saturated rings. The van der Waals surface area contributed by atoms with E-state index in [4.69, 9.17) is 0 Å². The zero-order valence-corrected chi connectivity index (χ0v) is 16.7. The van der Waals surface area contributed by atoms with Gasteiger partial charge in [-0.05, 0) is 40.4 Å². The van der Waals surface area contributed by atoms with E-state index >= 15 is 0 Å². The number of halogens is 5. The normalized spacial score (nSPS) is 22.2. The largest absolute Gasteiger partial charge is 0.440 e. The molecule has 1 aliphatic heterocycles. The van der Waals surface area contributed by atoms with Crippen LogP contribution in [0, 0.1) is 11.7 Å². The number of anilines is 1. The lowest BCUT2D eigenvalue weighted by Crippen LogP contribution is -2.63. The third-order valence-electron chi connectivity index (χ3n) is 5.59. The van der Waals surface area contributed by atoms with Crippen LogP contribution in [0.1, 0.15) is 38.5 Å². The van der Waals surface area contributed by atoms with Crippen LogP contribution in [0.25, 0.3) is 11.0 Å². The van der Waals surface area contributed by atoms with Gasteiger partial charge in [-0.1, -0.05) is 25.7 Å². The quantitative estimate of drug-likeness (QED) is 0.649. The summed E-state index contributed by atoms with van der Waals surface area (Å²) in [6.45, 7) is 0. The molecule has 2 aliphatic rings. The number of hydrogen-bond acceptors (Lipinski definition) is 3. The maximum Gasteiger partial charge on any atom is 0.440 e. The van der Waals surface area contributed by atoms with Gasteiger partial charge in [-0.15, -0.1) is 0 Å². The van der Waals surface area contributed by atoms with Crippen LogP contribution >= 0.6 is 15.9 Å². The molecule has 1 aromatic heterocycles. The van der Waals surface area contributed by atoms with Gasteiger partial charge in [0.15, 0.2) is 5.82 Å². The number of hydrogen-bond donors (Lipinski definition) is 2. The average Bonchev–Trinajstić information content (AvgIpc) is 3.33. The van der Waals surface area contributed by atoms with E-state index < -0.39 is 35.4 Å². The van der Waals surface area contributed by atoms with Crippen molar-refractivity contribution >= 4 is 44.7 Å². The van der Waals surface area contributed by atoms with Crippen molar-refractivity contribution in [1.29, 1.82) is 0 Å². The van der Waals surface area contributed by atoms with Gasteiger partial charge < -0.3 is 5.32 Å². The first kappa shape index (κ1) is 20.1. The Labute approximate surface area is 171 Å². The molecule has 4 rings (SSSR count). The Morgan fingerprint density at radius 1 is 1.34 bits per heavy atom. The predicted octanol–water partition coefficient (Wildman–Crippen LogP) is 4.19. The number of fused-ring (bicyclic) bond motifs is 3. The molecule has 1 saturated carbocycles. The Balaban J connectivity index is 1.74.